The van der Waals surface area contributed by atoms with Gasteiger partial charge in [-0.05, 0) is 72.6 Å². The highest BCUT2D eigenvalue weighted by atomic mass is 79.9. The van der Waals surface area contributed by atoms with Gasteiger partial charge in [0.25, 0.3) is 11.5 Å². The Hall–Kier alpha value is -2.40. The molecule has 3 aromatic rings. The van der Waals surface area contributed by atoms with Crippen molar-refractivity contribution in [1.82, 2.24) is 0 Å². The predicted octanol–water partition coefficient (Wildman–Crippen LogP) is 7.94. The van der Waals surface area contributed by atoms with Gasteiger partial charge in [0, 0.05) is 43.2 Å². The van der Waals surface area contributed by atoms with Crippen LogP contribution in [0.3, 0.4) is 0 Å². The van der Waals surface area contributed by atoms with E-state index in [0.717, 1.165) is 16.6 Å². The zero-order valence-corrected chi connectivity index (χ0v) is 23.2. The lowest BCUT2D eigenvalue weighted by atomic mass is 9.86. The Morgan fingerprint density at radius 3 is 2.27 bits per heavy atom. The number of rotatable bonds is 4. The first kappa shape index (κ1) is 27.6. The molecule has 2 unspecified atom stereocenters. The molecule has 1 amide bonds. The van der Waals surface area contributed by atoms with Crippen LogP contribution in [0.2, 0.25) is 10.0 Å². The van der Waals surface area contributed by atoms with Crippen molar-refractivity contribution in [2.75, 3.05) is 6.26 Å². The largest absolute Gasteiger partial charge is 0.435 e. The molecular weight excluding hydrogens is 616 g/mol. The molecule has 194 valence electrons. The molecule has 5 nitrogen and oxygen atoms in total. The smallest absolute Gasteiger partial charge is 0.374 e. The first-order valence-corrected chi connectivity index (χ1v) is 14.1. The van der Waals surface area contributed by atoms with Gasteiger partial charge in [0.2, 0.25) is 0 Å². The van der Waals surface area contributed by atoms with E-state index in [1.807, 2.05) is 0 Å². The van der Waals surface area contributed by atoms with Gasteiger partial charge >= 0.3 is 6.18 Å². The monoisotopic (exact) mass is 632 g/mol. The van der Waals surface area contributed by atoms with Crippen molar-refractivity contribution < 1.29 is 27.0 Å². The normalized spacial score (nSPS) is 19.1. The minimum absolute atomic E-state index is 0.0290. The second-order valence-electron chi connectivity index (χ2n) is 8.47. The SMILES string of the molecule is Cc1cc(C2=NOC(c3cc(Cl)cc(Cl)c3)(C(F)(F)F)C2)ccc1C(=O)N=S(C)(=O)c1ccc(Br)cc1. The van der Waals surface area contributed by atoms with Gasteiger partial charge in [-0.15, -0.1) is 0 Å². The summed E-state index contributed by atoms with van der Waals surface area (Å²) in [4.78, 5) is 18.3. The highest BCUT2D eigenvalue weighted by molar-refractivity contribution is 9.10. The number of nitrogens with zero attached hydrogens (tertiary/aromatic N) is 2. The lowest BCUT2D eigenvalue weighted by Crippen LogP contribution is -2.42. The van der Waals surface area contributed by atoms with Gasteiger partial charge in [-0.3, -0.25) is 4.79 Å². The van der Waals surface area contributed by atoms with Crippen LogP contribution in [0.4, 0.5) is 13.2 Å². The van der Waals surface area contributed by atoms with Crippen molar-refractivity contribution in [2.24, 2.45) is 9.52 Å². The molecule has 0 N–H and O–H groups in total. The van der Waals surface area contributed by atoms with Crippen molar-refractivity contribution in [3.05, 3.63) is 97.4 Å². The highest BCUT2D eigenvalue weighted by Gasteiger charge is 2.62. The van der Waals surface area contributed by atoms with Gasteiger partial charge in [-0.1, -0.05) is 50.4 Å². The molecule has 0 aliphatic carbocycles. The third kappa shape index (κ3) is 5.57. The van der Waals surface area contributed by atoms with E-state index in [1.165, 1.54) is 30.5 Å². The molecule has 0 radical (unpaired) electrons. The van der Waals surface area contributed by atoms with E-state index in [4.69, 9.17) is 28.0 Å². The summed E-state index contributed by atoms with van der Waals surface area (Å²) in [5.74, 6) is -0.706. The Morgan fingerprint density at radius 1 is 1.08 bits per heavy atom. The first-order valence-electron chi connectivity index (χ1n) is 10.6. The summed E-state index contributed by atoms with van der Waals surface area (Å²) < 4.78 is 60.5. The molecule has 0 bridgehead atoms. The third-order valence-corrected chi connectivity index (χ3v) is 8.44. The minimum Gasteiger partial charge on any atom is -0.374 e. The van der Waals surface area contributed by atoms with Gasteiger partial charge in [0.15, 0.2) is 0 Å². The Morgan fingerprint density at radius 2 is 1.70 bits per heavy atom. The number of carbonyl (C=O) groups is 1. The number of carbonyl (C=O) groups excluding carboxylic acids is 1. The third-order valence-electron chi connectivity index (χ3n) is 5.81. The van der Waals surface area contributed by atoms with E-state index in [1.54, 1.807) is 31.2 Å². The van der Waals surface area contributed by atoms with Crippen LogP contribution in [0.1, 0.15) is 33.5 Å². The summed E-state index contributed by atoms with van der Waals surface area (Å²) in [6.45, 7) is 1.60. The number of amides is 1. The average Bonchev–Trinajstić information content (AvgIpc) is 3.25. The number of hydrogen-bond acceptors (Lipinski definition) is 4. The summed E-state index contributed by atoms with van der Waals surface area (Å²) in [6, 6.07) is 14.6. The summed E-state index contributed by atoms with van der Waals surface area (Å²) in [5, 5.41) is 3.79. The Labute approximate surface area is 229 Å². The molecule has 0 spiro atoms. The molecule has 4 rings (SSSR count). The second-order valence-corrected chi connectivity index (χ2v) is 12.5. The van der Waals surface area contributed by atoms with Crippen LogP contribution in [0.25, 0.3) is 0 Å². The lowest BCUT2D eigenvalue weighted by Gasteiger charge is -2.29. The molecule has 0 aromatic heterocycles. The van der Waals surface area contributed by atoms with Crippen LogP contribution >= 0.6 is 39.1 Å². The van der Waals surface area contributed by atoms with Crippen LogP contribution in [0.15, 0.2) is 79.6 Å². The maximum atomic E-state index is 14.3. The van der Waals surface area contributed by atoms with E-state index in [-0.39, 0.29) is 26.9 Å². The van der Waals surface area contributed by atoms with Crippen LogP contribution in [-0.4, -0.2) is 28.3 Å². The molecule has 0 saturated heterocycles. The summed E-state index contributed by atoms with van der Waals surface area (Å²) in [7, 11) is -3.02. The molecule has 37 heavy (non-hydrogen) atoms. The molecular formula is C25H18BrCl2F3N2O3S. The molecule has 1 heterocycles. The lowest BCUT2D eigenvalue weighted by molar-refractivity contribution is -0.275. The minimum atomic E-state index is -4.83. The van der Waals surface area contributed by atoms with E-state index >= 15 is 0 Å². The van der Waals surface area contributed by atoms with E-state index in [9.17, 15) is 22.2 Å². The summed E-state index contributed by atoms with van der Waals surface area (Å²) in [6.07, 6.45) is -4.09. The van der Waals surface area contributed by atoms with Crippen LogP contribution < -0.4 is 0 Å². The van der Waals surface area contributed by atoms with Crippen molar-refractivity contribution >= 4 is 60.5 Å². The zero-order chi connectivity index (χ0) is 27.2. The number of aryl methyl sites for hydroxylation is 1. The number of oxime groups is 1. The highest BCUT2D eigenvalue weighted by Crippen LogP contribution is 2.49. The predicted molar refractivity (Wildman–Crippen MR) is 141 cm³/mol. The number of hydrogen-bond donors (Lipinski definition) is 0. The van der Waals surface area contributed by atoms with E-state index in [2.05, 4.69) is 25.4 Å². The zero-order valence-electron chi connectivity index (χ0n) is 19.3. The van der Waals surface area contributed by atoms with Gasteiger partial charge in [-0.25, -0.2) is 4.21 Å². The van der Waals surface area contributed by atoms with Crippen molar-refractivity contribution in [3.8, 4) is 0 Å². The average molecular weight is 634 g/mol. The van der Waals surface area contributed by atoms with Crippen LogP contribution in [0.5, 0.6) is 0 Å². The molecule has 1 aliphatic rings. The fourth-order valence-corrected chi connectivity index (χ4v) is 5.83. The maximum absolute atomic E-state index is 14.3. The summed E-state index contributed by atoms with van der Waals surface area (Å²) >= 11 is 15.2. The van der Waals surface area contributed by atoms with Crippen molar-refractivity contribution in [1.29, 1.82) is 0 Å². The molecule has 2 atom stereocenters. The topological polar surface area (TPSA) is 68.1 Å². The van der Waals surface area contributed by atoms with Crippen LogP contribution in [-0.2, 0) is 20.2 Å². The van der Waals surface area contributed by atoms with Gasteiger partial charge in [-0.2, -0.15) is 17.5 Å². The fourth-order valence-electron chi connectivity index (χ4n) is 3.88. The number of benzene rings is 3. The second kappa shape index (κ2) is 10.1. The Kier molecular flexibility index (Phi) is 7.51. The fraction of sp³-hybridized carbons (Fsp3) is 0.200. The first-order chi connectivity index (χ1) is 17.2. The molecule has 12 heteroatoms. The molecule has 0 fully saturated rings. The molecule has 3 aromatic carbocycles. The molecule has 1 aliphatic heterocycles. The number of halogens is 6. The maximum Gasteiger partial charge on any atom is 0.435 e. The quantitative estimate of drug-likeness (QED) is 0.293. The van der Waals surface area contributed by atoms with Crippen LogP contribution in [0, 0.1) is 6.92 Å². The Balaban J connectivity index is 1.64. The molecule has 0 saturated carbocycles. The van der Waals surface area contributed by atoms with Crippen molar-refractivity contribution in [2.45, 2.75) is 30.0 Å². The Bertz CT molecular complexity index is 1530. The van der Waals surface area contributed by atoms with Gasteiger partial charge in [0.05, 0.1) is 15.4 Å². The van der Waals surface area contributed by atoms with Crippen molar-refractivity contribution in [3.63, 3.8) is 0 Å². The van der Waals surface area contributed by atoms with E-state index < -0.39 is 33.8 Å². The standard InChI is InChI=1S/C25H18BrCl2F3N2O3S/c1-14-9-15(3-8-21(14)23(34)33-37(2,35)20-6-4-17(26)5-7-20)22-13-24(36-32-22,25(29,30)31)16-10-18(27)12-19(28)11-16/h3-12H,13H2,1-2H3. The van der Waals surface area contributed by atoms with Gasteiger partial charge in [0.1, 0.15) is 0 Å². The van der Waals surface area contributed by atoms with Gasteiger partial charge < -0.3 is 4.84 Å². The van der Waals surface area contributed by atoms with E-state index in [0.29, 0.717) is 16.0 Å². The summed E-state index contributed by atoms with van der Waals surface area (Å²) in [5.41, 5.74) is -2.09. The number of alkyl halides is 3.